The molecule has 0 saturated heterocycles. The van der Waals surface area contributed by atoms with Crippen LogP contribution in [0.15, 0.2) is 47.0 Å². The van der Waals surface area contributed by atoms with E-state index in [1.54, 1.807) is 42.6 Å². The third-order valence-corrected chi connectivity index (χ3v) is 7.29. The Morgan fingerprint density at radius 3 is 2.50 bits per heavy atom. The fraction of sp³-hybridized carbons (Fsp3) is 0.217. The summed E-state index contributed by atoms with van der Waals surface area (Å²) in [5.41, 5.74) is 0.645. The number of thiazole rings is 1. The summed E-state index contributed by atoms with van der Waals surface area (Å²) in [7, 11) is 4.16. The molecule has 0 unspecified atom stereocenters. The number of Topliss-reactive ketones (excluding diaryl/α,β-unsaturated/α-hetero) is 1. The molecule has 3 heterocycles. The first-order valence-corrected chi connectivity index (χ1v) is 11.6. The van der Waals surface area contributed by atoms with Gasteiger partial charge in [-0.1, -0.05) is 29.5 Å². The van der Waals surface area contributed by atoms with Gasteiger partial charge in [-0.3, -0.25) is 14.5 Å². The summed E-state index contributed by atoms with van der Waals surface area (Å²) < 4.78 is 15.8. The fourth-order valence-corrected chi connectivity index (χ4v) is 5.45. The average molecular weight is 501 g/mol. The topological polar surface area (TPSA) is 115 Å². The lowest BCUT2D eigenvalue weighted by molar-refractivity contribution is -0.117. The molecule has 1 amide bonds. The summed E-state index contributed by atoms with van der Waals surface area (Å²) in [5, 5.41) is 12.8. The summed E-state index contributed by atoms with van der Waals surface area (Å²) in [5.74, 6) is -1.94. The van der Waals surface area contributed by atoms with Crippen molar-refractivity contribution in [2.75, 3.05) is 26.2 Å². The Bertz CT molecular complexity index is 1310. The van der Waals surface area contributed by atoms with Gasteiger partial charge in [0, 0.05) is 5.56 Å². The average Bonchev–Trinajstić information content (AvgIpc) is 3.57. The Morgan fingerprint density at radius 1 is 1.12 bits per heavy atom. The fourth-order valence-electron chi connectivity index (χ4n) is 3.76. The number of amides is 1. The van der Waals surface area contributed by atoms with Gasteiger partial charge < -0.3 is 19.3 Å². The molecule has 1 aromatic carbocycles. The second-order valence-corrected chi connectivity index (χ2v) is 9.06. The van der Waals surface area contributed by atoms with Crippen LogP contribution in [0.1, 0.15) is 36.6 Å². The number of carbonyl (C=O) groups excluding carboxylic acids is 3. The molecule has 1 atom stereocenters. The summed E-state index contributed by atoms with van der Waals surface area (Å²) in [4.78, 5) is 45.1. The number of methoxy groups -OCH3 is 3. The van der Waals surface area contributed by atoms with E-state index in [1.807, 2.05) is 0 Å². The van der Waals surface area contributed by atoms with Gasteiger partial charge in [0.15, 0.2) is 22.4 Å². The molecule has 0 fully saturated rings. The number of hydrogen-bond acceptors (Lipinski definition) is 10. The quantitative estimate of drug-likeness (QED) is 0.381. The van der Waals surface area contributed by atoms with Crippen molar-refractivity contribution in [1.82, 2.24) is 4.98 Å². The van der Waals surface area contributed by atoms with Gasteiger partial charge in [-0.05, 0) is 24.4 Å². The zero-order chi connectivity index (χ0) is 24.6. The molecule has 4 rings (SSSR count). The highest BCUT2D eigenvalue weighted by Gasteiger charge is 2.47. The van der Waals surface area contributed by atoms with Crippen LogP contribution in [0.5, 0.6) is 11.5 Å². The molecule has 0 spiro atoms. The Kier molecular flexibility index (Phi) is 6.40. The standard InChI is InChI=1S/C23H20N2O7S2/c1-11-20(22(29)32-4)34-23(24-11)25-16(12-7-5-8-13(30-2)19(12)31-3)15(18(27)21(25)28)17(26)14-9-6-10-33-14/h5-10,16,27H,1-4H3/t16-/m1/s1. The summed E-state index contributed by atoms with van der Waals surface area (Å²) in [6.07, 6.45) is 0. The van der Waals surface area contributed by atoms with Crippen molar-refractivity contribution in [3.8, 4) is 11.5 Å². The molecule has 1 aliphatic heterocycles. The monoisotopic (exact) mass is 500 g/mol. The molecule has 1 aliphatic rings. The van der Waals surface area contributed by atoms with Crippen LogP contribution >= 0.6 is 22.7 Å². The Morgan fingerprint density at radius 2 is 1.88 bits per heavy atom. The summed E-state index contributed by atoms with van der Waals surface area (Å²) in [6, 6.07) is 7.28. The number of carbonyl (C=O) groups is 3. The second-order valence-electron chi connectivity index (χ2n) is 7.13. The molecule has 0 radical (unpaired) electrons. The number of thiophene rings is 1. The van der Waals surface area contributed by atoms with Gasteiger partial charge in [-0.2, -0.15) is 0 Å². The Balaban J connectivity index is 1.95. The molecule has 176 valence electrons. The van der Waals surface area contributed by atoms with Crippen molar-refractivity contribution in [2.24, 2.45) is 0 Å². The van der Waals surface area contributed by atoms with Crippen LogP contribution in [-0.2, 0) is 9.53 Å². The predicted molar refractivity (Wildman–Crippen MR) is 126 cm³/mol. The summed E-state index contributed by atoms with van der Waals surface area (Å²) in [6.45, 7) is 1.61. The first-order valence-electron chi connectivity index (χ1n) is 9.95. The number of aliphatic hydroxyl groups excluding tert-OH is 1. The van der Waals surface area contributed by atoms with E-state index in [1.165, 1.54) is 37.6 Å². The van der Waals surface area contributed by atoms with Gasteiger partial charge in [-0.25, -0.2) is 9.78 Å². The van der Waals surface area contributed by atoms with Crippen LogP contribution in [-0.4, -0.2) is 49.1 Å². The third kappa shape index (κ3) is 3.72. The molecule has 1 N–H and O–H groups in total. The minimum absolute atomic E-state index is 0.119. The predicted octanol–water partition coefficient (Wildman–Crippen LogP) is 4.10. The minimum Gasteiger partial charge on any atom is -0.503 e. The lowest BCUT2D eigenvalue weighted by Crippen LogP contribution is -2.31. The van der Waals surface area contributed by atoms with Gasteiger partial charge in [-0.15, -0.1) is 11.3 Å². The second kappa shape index (κ2) is 9.27. The van der Waals surface area contributed by atoms with E-state index < -0.39 is 29.5 Å². The van der Waals surface area contributed by atoms with Crippen molar-refractivity contribution in [1.29, 1.82) is 0 Å². The molecule has 0 bridgehead atoms. The van der Waals surface area contributed by atoms with Gasteiger partial charge in [0.2, 0.25) is 5.78 Å². The number of hydrogen-bond donors (Lipinski definition) is 1. The smallest absolute Gasteiger partial charge is 0.350 e. The molecular formula is C23H20N2O7S2. The SMILES string of the molecule is COC(=O)c1sc(N2C(=O)C(O)=C(C(=O)c3cccs3)[C@H]2c2cccc(OC)c2OC)nc1C. The molecule has 0 saturated carbocycles. The van der Waals surface area contributed by atoms with Crippen molar-refractivity contribution in [3.63, 3.8) is 0 Å². The van der Waals surface area contributed by atoms with E-state index in [0.717, 1.165) is 11.3 Å². The zero-order valence-electron chi connectivity index (χ0n) is 18.6. The van der Waals surface area contributed by atoms with E-state index in [9.17, 15) is 19.5 Å². The van der Waals surface area contributed by atoms with Crippen LogP contribution in [0.25, 0.3) is 0 Å². The molecule has 11 heteroatoms. The highest BCUT2D eigenvalue weighted by molar-refractivity contribution is 7.17. The van der Waals surface area contributed by atoms with Crippen molar-refractivity contribution >= 4 is 45.5 Å². The lowest BCUT2D eigenvalue weighted by atomic mass is 9.94. The van der Waals surface area contributed by atoms with Crippen LogP contribution in [0.4, 0.5) is 5.13 Å². The number of esters is 1. The van der Waals surface area contributed by atoms with E-state index in [-0.39, 0.29) is 15.6 Å². The molecule has 2 aromatic heterocycles. The summed E-state index contributed by atoms with van der Waals surface area (Å²) >= 11 is 2.12. The Hall–Kier alpha value is -3.70. The van der Waals surface area contributed by atoms with E-state index >= 15 is 0 Å². The number of aliphatic hydroxyl groups is 1. The van der Waals surface area contributed by atoms with E-state index in [2.05, 4.69) is 4.98 Å². The number of aryl methyl sites for hydroxylation is 1. The normalized spacial score (nSPS) is 15.6. The first kappa shape index (κ1) is 23.5. The van der Waals surface area contributed by atoms with E-state index in [4.69, 9.17) is 14.2 Å². The number of nitrogens with zero attached hydrogens (tertiary/aromatic N) is 2. The lowest BCUT2D eigenvalue weighted by Gasteiger charge is -2.26. The molecular weight excluding hydrogens is 480 g/mol. The highest BCUT2D eigenvalue weighted by atomic mass is 32.1. The van der Waals surface area contributed by atoms with Crippen molar-refractivity contribution in [2.45, 2.75) is 13.0 Å². The molecule has 3 aromatic rings. The zero-order valence-corrected chi connectivity index (χ0v) is 20.3. The number of benzene rings is 1. The molecule has 9 nitrogen and oxygen atoms in total. The number of para-hydroxylation sites is 1. The first-order chi connectivity index (χ1) is 16.3. The highest BCUT2D eigenvalue weighted by Crippen LogP contribution is 2.48. The van der Waals surface area contributed by atoms with Crippen LogP contribution in [0.3, 0.4) is 0 Å². The van der Waals surface area contributed by atoms with Gasteiger partial charge >= 0.3 is 5.97 Å². The van der Waals surface area contributed by atoms with Gasteiger partial charge in [0.05, 0.1) is 37.5 Å². The van der Waals surface area contributed by atoms with E-state index in [0.29, 0.717) is 27.6 Å². The van der Waals surface area contributed by atoms with Crippen molar-refractivity contribution in [3.05, 3.63) is 68.1 Å². The maximum absolute atomic E-state index is 13.5. The number of anilines is 1. The number of aromatic nitrogens is 1. The van der Waals surface area contributed by atoms with Gasteiger partial charge in [0.1, 0.15) is 10.9 Å². The van der Waals surface area contributed by atoms with Crippen LogP contribution in [0.2, 0.25) is 0 Å². The molecule has 34 heavy (non-hydrogen) atoms. The minimum atomic E-state index is -1.08. The van der Waals surface area contributed by atoms with Gasteiger partial charge in [0.25, 0.3) is 5.91 Å². The largest absolute Gasteiger partial charge is 0.503 e. The molecule has 0 aliphatic carbocycles. The number of ether oxygens (including phenoxy) is 3. The maximum atomic E-state index is 13.5. The van der Waals surface area contributed by atoms with Crippen LogP contribution in [0, 0.1) is 6.92 Å². The third-order valence-electron chi connectivity index (χ3n) is 5.29. The number of rotatable bonds is 7. The number of ketones is 1. The maximum Gasteiger partial charge on any atom is 0.350 e. The van der Waals surface area contributed by atoms with Crippen LogP contribution < -0.4 is 14.4 Å². The van der Waals surface area contributed by atoms with Crippen molar-refractivity contribution < 1.29 is 33.7 Å². The Labute approximate surface area is 202 Å².